The van der Waals surface area contributed by atoms with Crippen LogP contribution in [-0.4, -0.2) is 26.3 Å². The highest BCUT2D eigenvalue weighted by Crippen LogP contribution is 2.18. The molecule has 1 heterocycles. The van der Waals surface area contributed by atoms with E-state index in [1.54, 1.807) is 0 Å². The second-order valence-corrected chi connectivity index (χ2v) is 3.15. The van der Waals surface area contributed by atoms with Crippen molar-refractivity contribution in [2.24, 2.45) is 5.92 Å². The van der Waals surface area contributed by atoms with Gasteiger partial charge in [-0.3, -0.25) is 0 Å². The van der Waals surface area contributed by atoms with Crippen LogP contribution < -0.4 is 5.32 Å². The average Bonchev–Trinajstić information content (AvgIpc) is 2.59. The lowest BCUT2D eigenvalue weighted by Gasteiger charge is -2.18. The second-order valence-electron chi connectivity index (χ2n) is 3.15. The maximum atomic E-state index is 5.33. The molecule has 0 aromatic carbocycles. The van der Waals surface area contributed by atoms with E-state index in [1.807, 2.05) is 14.0 Å². The summed E-state index contributed by atoms with van der Waals surface area (Å²) in [7, 11) is 2.00. The van der Waals surface area contributed by atoms with Gasteiger partial charge >= 0.3 is 0 Å². The van der Waals surface area contributed by atoms with E-state index < -0.39 is 0 Å². The van der Waals surface area contributed by atoms with Gasteiger partial charge < -0.3 is 10.1 Å². The quantitative estimate of drug-likeness (QED) is 0.634. The van der Waals surface area contributed by atoms with Crippen molar-refractivity contribution in [3.05, 3.63) is 0 Å². The summed E-state index contributed by atoms with van der Waals surface area (Å²) in [6.45, 7) is 3.71. The van der Waals surface area contributed by atoms with Crippen LogP contribution in [0.3, 0.4) is 0 Å². The van der Waals surface area contributed by atoms with Crippen molar-refractivity contribution < 1.29 is 4.74 Å². The topological polar surface area (TPSA) is 21.3 Å². The van der Waals surface area contributed by atoms with Crippen LogP contribution in [-0.2, 0) is 4.74 Å². The smallest absolute Gasteiger partial charge is 0.0510 e. The van der Waals surface area contributed by atoms with Gasteiger partial charge in [-0.25, -0.2) is 0 Å². The van der Waals surface area contributed by atoms with Crippen LogP contribution in [0.25, 0.3) is 0 Å². The van der Waals surface area contributed by atoms with E-state index in [2.05, 4.69) is 17.2 Å². The minimum Gasteiger partial charge on any atom is -0.381 e. The van der Waals surface area contributed by atoms with E-state index in [-0.39, 0.29) is 0 Å². The molecule has 2 atom stereocenters. The van der Waals surface area contributed by atoms with Gasteiger partial charge in [0.25, 0.3) is 0 Å². The summed E-state index contributed by atoms with van der Waals surface area (Å²) in [6, 6.07) is 0.514. The molecule has 1 fully saturated rings. The molecule has 0 spiro atoms. The molecular weight excluding hydrogens is 150 g/mol. The Morgan fingerprint density at radius 3 is 3.00 bits per heavy atom. The van der Waals surface area contributed by atoms with E-state index in [0.29, 0.717) is 12.0 Å². The third-order valence-corrected chi connectivity index (χ3v) is 2.40. The third kappa shape index (κ3) is 2.51. The summed E-state index contributed by atoms with van der Waals surface area (Å²) in [5, 5.41) is 3.30. The van der Waals surface area contributed by atoms with Gasteiger partial charge in [0.15, 0.2) is 0 Å². The molecule has 0 aromatic heterocycles. The van der Waals surface area contributed by atoms with Crippen LogP contribution in [0.1, 0.15) is 19.8 Å². The van der Waals surface area contributed by atoms with Gasteiger partial charge in [-0.05, 0) is 20.4 Å². The molecule has 1 saturated heterocycles. The first-order chi connectivity index (χ1) is 5.88. The fourth-order valence-corrected chi connectivity index (χ4v) is 1.59. The van der Waals surface area contributed by atoms with Crippen molar-refractivity contribution in [1.82, 2.24) is 5.32 Å². The Labute approximate surface area is 74.7 Å². The fourth-order valence-electron chi connectivity index (χ4n) is 1.59. The van der Waals surface area contributed by atoms with E-state index in [4.69, 9.17) is 4.74 Å². The molecule has 68 valence electrons. The van der Waals surface area contributed by atoms with Crippen LogP contribution in [0.4, 0.5) is 0 Å². The molecular formula is C10H17NO. The van der Waals surface area contributed by atoms with Crippen LogP contribution >= 0.6 is 0 Å². The Morgan fingerprint density at radius 2 is 2.50 bits per heavy atom. The van der Waals surface area contributed by atoms with Gasteiger partial charge in [-0.2, -0.15) is 0 Å². The summed E-state index contributed by atoms with van der Waals surface area (Å²) in [5.41, 5.74) is 0. The van der Waals surface area contributed by atoms with Gasteiger partial charge in [0.1, 0.15) is 0 Å². The van der Waals surface area contributed by atoms with E-state index in [1.165, 1.54) is 6.42 Å². The first-order valence-electron chi connectivity index (χ1n) is 4.53. The summed E-state index contributed by atoms with van der Waals surface area (Å²) in [6.07, 6.45) is 2.12. The molecule has 0 saturated carbocycles. The van der Waals surface area contributed by atoms with E-state index in [9.17, 15) is 0 Å². The zero-order chi connectivity index (χ0) is 8.81. The Balaban J connectivity index is 2.35. The highest BCUT2D eigenvalue weighted by Gasteiger charge is 2.23. The Morgan fingerprint density at radius 1 is 1.67 bits per heavy atom. The number of rotatable bonds is 3. The van der Waals surface area contributed by atoms with Crippen LogP contribution in [0, 0.1) is 17.8 Å². The summed E-state index contributed by atoms with van der Waals surface area (Å²) < 4.78 is 5.33. The van der Waals surface area contributed by atoms with Gasteiger partial charge in [-0.1, -0.05) is 0 Å². The summed E-state index contributed by atoms with van der Waals surface area (Å²) in [4.78, 5) is 0. The molecule has 2 nitrogen and oxygen atoms in total. The largest absolute Gasteiger partial charge is 0.381 e. The standard InChI is InChI=1S/C10H17NO/c1-3-4-5-10(11-2)9-6-7-12-8-9/h9-11H,5-8H2,1-2H3. The van der Waals surface area contributed by atoms with Crippen molar-refractivity contribution in [3.63, 3.8) is 0 Å². The molecule has 0 bridgehead atoms. The predicted octanol–water partition coefficient (Wildman–Crippen LogP) is 1.02. The van der Waals surface area contributed by atoms with Crippen molar-refractivity contribution in [3.8, 4) is 11.8 Å². The van der Waals surface area contributed by atoms with Gasteiger partial charge in [-0.15, -0.1) is 11.8 Å². The van der Waals surface area contributed by atoms with Crippen molar-refractivity contribution >= 4 is 0 Å². The van der Waals surface area contributed by atoms with Crippen molar-refractivity contribution in [2.75, 3.05) is 20.3 Å². The minimum atomic E-state index is 0.514. The molecule has 2 unspecified atom stereocenters. The predicted molar refractivity (Wildman–Crippen MR) is 49.8 cm³/mol. The number of nitrogens with one attached hydrogen (secondary N) is 1. The average molecular weight is 167 g/mol. The van der Waals surface area contributed by atoms with Crippen molar-refractivity contribution in [1.29, 1.82) is 0 Å². The summed E-state index contributed by atoms with van der Waals surface area (Å²) >= 11 is 0. The molecule has 1 N–H and O–H groups in total. The fraction of sp³-hybridized carbons (Fsp3) is 0.800. The van der Waals surface area contributed by atoms with E-state index >= 15 is 0 Å². The molecule has 1 aliphatic rings. The Bertz CT molecular complexity index is 174. The molecule has 12 heavy (non-hydrogen) atoms. The zero-order valence-corrected chi connectivity index (χ0v) is 7.89. The number of hydrogen-bond donors (Lipinski definition) is 1. The number of ether oxygens (including phenoxy) is 1. The normalized spacial score (nSPS) is 24.7. The minimum absolute atomic E-state index is 0.514. The molecule has 0 aliphatic carbocycles. The molecule has 0 aromatic rings. The summed E-state index contributed by atoms with van der Waals surface area (Å²) in [5.74, 6) is 6.70. The monoisotopic (exact) mass is 167 g/mol. The van der Waals surface area contributed by atoms with Crippen LogP contribution in [0.5, 0.6) is 0 Å². The SMILES string of the molecule is CC#CCC(NC)C1CCOC1. The van der Waals surface area contributed by atoms with E-state index in [0.717, 1.165) is 19.6 Å². The lowest BCUT2D eigenvalue weighted by Crippen LogP contribution is -2.33. The number of hydrogen-bond acceptors (Lipinski definition) is 2. The highest BCUT2D eigenvalue weighted by molar-refractivity contribution is 4.99. The maximum Gasteiger partial charge on any atom is 0.0510 e. The zero-order valence-electron chi connectivity index (χ0n) is 7.89. The molecule has 1 aliphatic heterocycles. The first kappa shape index (κ1) is 9.57. The van der Waals surface area contributed by atoms with Gasteiger partial charge in [0, 0.05) is 25.0 Å². The molecule has 1 rings (SSSR count). The second kappa shape index (κ2) is 5.18. The lowest BCUT2D eigenvalue weighted by atomic mass is 9.97. The van der Waals surface area contributed by atoms with Gasteiger partial charge in [0.2, 0.25) is 0 Å². The Hall–Kier alpha value is -0.520. The molecule has 2 heteroatoms. The molecule has 0 radical (unpaired) electrons. The maximum absolute atomic E-state index is 5.33. The van der Waals surface area contributed by atoms with Crippen LogP contribution in [0.15, 0.2) is 0 Å². The first-order valence-corrected chi connectivity index (χ1v) is 4.53. The third-order valence-electron chi connectivity index (χ3n) is 2.40. The Kier molecular flexibility index (Phi) is 4.13. The van der Waals surface area contributed by atoms with Crippen molar-refractivity contribution in [2.45, 2.75) is 25.8 Å². The molecule has 0 amide bonds. The van der Waals surface area contributed by atoms with Gasteiger partial charge in [0.05, 0.1) is 6.61 Å². The highest BCUT2D eigenvalue weighted by atomic mass is 16.5. The van der Waals surface area contributed by atoms with Crippen LogP contribution in [0.2, 0.25) is 0 Å². The lowest BCUT2D eigenvalue weighted by molar-refractivity contribution is 0.178.